The monoisotopic (exact) mass is 563 g/mol. The van der Waals surface area contributed by atoms with Gasteiger partial charge in [0.15, 0.2) is 5.60 Å². The summed E-state index contributed by atoms with van der Waals surface area (Å²) in [5.74, 6) is -2.45. The molecule has 1 fully saturated rings. The van der Waals surface area contributed by atoms with Crippen LogP contribution in [0.2, 0.25) is 0 Å². The summed E-state index contributed by atoms with van der Waals surface area (Å²) >= 11 is 0. The van der Waals surface area contributed by atoms with Crippen molar-refractivity contribution in [3.63, 3.8) is 0 Å². The Balaban J connectivity index is 0.000000366. The second-order valence-corrected chi connectivity index (χ2v) is 9.32. The molecule has 0 radical (unpaired) electrons. The summed E-state index contributed by atoms with van der Waals surface area (Å²) in [4.78, 5) is 41.7. The molecule has 13 nitrogen and oxygen atoms in total. The van der Waals surface area contributed by atoms with E-state index in [-0.39, 0.29) is 6.10 Å². The predicted octanol–water partition coefficient (Wildman–Crippen LogP) is 1.99. The van der Waals surface area contributed by atoms with Gasteiger partial charge in [0.25, 0.3) is 0 Å². The summed E-state index contributed by atoms with van der Waals surface area (Å²) < 4.78 is 16.8. The van der Waals surface area contributed by atoms with Gasteiger partial charge >= 0.3 is 17.9 Å². The molecule has 0 saturated carbocycles. The third kappa shape index (κ3) is 10.4. The topological polar surface area (TPSA) is 189 Å². The van der Waals surface area contributed by atoms with E-state index in [1.807, 2.05) is 30.6 Å². The summed E-state index contributed by atoms with van der Waals surface area (Å²) in [5.41, 5.74) is -0.537. The minimum atomic E-state index is -2.74. The second kappa shape index (κ2) is 15.7. The van der Waals surface area contributed by atoms with E-state index in [1.165, 1.54) is 0 Å². The number of benzene rings is 1. The average Bonchev–Trinajstić information content (AvgIpc) is 3.41. The number of aryl methyl sites for hydroxylation is 1. The van der Waals surface area contributed by atoms with Gasteiger partial charge in [0.05, 0.1) is 33.2 Å². The molecule has 0 aliphatic carbocycles. The molecule has 0 spiro atoms. The zero-order valence-corrected chi connectivity index (χ0v) is 22.9. The summed E-state index contributed by atoms with van der Waals surface area (Å²) in [7, 11) is 3.38. The largest absolute Gasteiger partial charge is 0.497 e. The lowest BCUT2D eigenvalue weighted by Crippen LogP contribution is -2.42. The molecule has 1 saturated heterocycles. The van der Waals surface area contributed by atoms with Crippen molar-refractivity contribution in [2.75, 3.05) is 27.4 Å². The van der Waals surface area contributed by atoms with Crippen LogP contribution in [0.15, 0.2) is 30.6 Å². The highest BCUT2D eigenvalue weighted by Crippen LogP contribution is 2.26. The molecule has 1 aliphatic rings. The highest BCUT2D eigenvalue weighted by molar-refractivity contribution is 5.88. The molecule has 2 aromatic rings. The fourth-order valence-corrected chi connectivity index (χ4v) is 4.13. The highest BCUT2D eigenvalue weighted by atomic mass is 16.5. The van der Waals surface area contributed by atoms with E-state index in [9.17, 15) is 14.4 Å². The van der Waals surface area contributed by atoms with E-state index in [0.29, 0.717) is 0 Å². The number of methoxy groups -OCH3 is 2. The molecule has 1 aliphatic heterocycles. The van der Waals surface area contributed by atoms with Crippen LogP contribution in [-0.2, 0) is 38.6 Å². The highest BCUT2D eigenvalue weighted by Gasteiger charge is 2.40. The Bertz CT molecular complexity index is 1100. The first-order chi connectivity index (χ1) is 19.0. The maximum absolute atomic E-state index is 10.3. The Hall–Kier alpha value is -3.81. The van der Waals surface area contributed by atoms with Crippen molar-refractivity contribution in [3.8, 4) is 11.5 Å². The Kier molecular flexibility index (Phi) is 12.7. The van der Waals surface area contributed by atoms with E-state index in [0.717, 1.165) is 74.0 Å². The molecule has 0 amide bonds. The van der Waals surface area contributed by atoms with Crippen LogP contribution in [0.25, 0.3) is 0 Å². The minimum absolute atomic E-state index is 0.275. The number of hydrogen-bond acceptors (Lipinski definition) is 10. The van der Waals surface area contributed by atoms with Crippen LogP contribution in [0, 0.1) is 0 Å². The van der Waals surface area contributed by atoms with E-state index in [2.05, 4.69) is 21.8 Å². The van der Waals surface area contributed by atoms with Crippen LogP contribution in [-0.4, -0.2) is 92.3 Å². The Morgan fingerprint density at radius 2 is 1.70 bits per heavy atom. The molecule has 1 aromatic carbocycles. The molecule has 4 N–H and O–H groups in total. The molecule has 13 heteroatoms. The number of aliphatic carboxylic acids is 3. The molecule has 3 rings (SSSR count). The zero-order chi connectivity index (χ0) is 29.7. The average molecular weight is 564 g/mol. The first kappa shape index (κ1) is 32.4. The van der Waals surface area contributed by atoms with Crippen LogP contribution in [0.5, 0.6) is 11.5 Å². The number of carboxylic acids is 3. The number of nitrogens with zero attached hydrogens (tertiary/aromatic N) is 3. The van der Waals surface area contributed by atoms with Gasteiger partial charge < -0.3 is 34.6 Å². The number of hydrogen-bond donors (Lipinski definition) is 4. The SMILES string of the molecule is CCc1ncc(CN(Cc2cc(OC)ccc2OC)CC2CCCO2)cn1.O=C(O)CC(O)(CC(=O)O)C(=O)O. The number of carboxylic acid groups (broad SMARTS) is 3. The van der Waals surface area contributed by atoms with Gasteiger partial charge in [-0.25, -0.2) is 14.8 Å². The summed E-state index contributed by atoms with van der Waals surface area (Å²) in [6.07, 6.45) is 4.93. The summed E-state index contributed by atoms with van der Waals surface area (Å²) in [6, 6.07) is 5.92. The van der Waals surface area contributed by atoms with Gasteiger partial charge in [-0.2, -0.15) is 0 Å². The van der Waals surface area contributed by atoms with Gasteiger partial charge in [0.2, 0.25) is 0 Å². The third-order valence-corrected chi connectivity index (χ3v) is 6.13. The Labute approximate surface area is 232 Å². The fourth-order valence-electron chi connectivity index (χ4n) is 4.13. The summed E-state index contributed by atoms with van der Waals surface area (Å²) in [5, 5.41) is 33.8. The molecule has 0 bridgehead atoms. The van der Waals surface area contributed by atoms with Crippen molar-refractivity contribution in [1.82, 2.24) is 14.9 Å². The lowest BCUT2D eigenvalue weighted by atomic mass is 9.96. The van der Waals surface area contributed by atoms with Gasteiger partial charge in [-0.1, -0.05) is 6.92 Å². The van der Waals surface area contributed by atoms with Gasteiger partial charge in [-0.15, -0.1) is 0 Å². The molecule has 1 atom stereocenters. The molecule has 2 heterocycles. The van der Waals surface area contributed by atoms with E-state index in [4.69, 9.17) is 34.6 Å². The van der Waals surface area contributed by atoms with Gasteiger partial charge in [-0.05, 0) is 31.0 Å². The van der Waals surface area contributed by atoms with Gasteiger partial charge in [-0.3, -0.25) is 14.5 Å². The van der Waals surface area contributed by atoms with Crippen LogP contribution in [0.4, 0.5) is 0 Å². The normalized spacial score (nSPS) is 14.8. The molecule has 1 aromatic heterocycles. The fraction of sp³-hybridized carbons (Fsp3) is 0.519. The van der Waals surface area contributed by atoms with Crippen molar-refractivity contribution in [1.29, 1.82) is 0 Å². The van der Waals surface area contributed by atoms with E-state index >= 15 is 0 Å². The van der Waals surface area contributed by atoms with Crippen LogP contribution in [0.1, 0.15) is 49.6 Å². The maximum Gasteiger partial charge on any atom is 0.336 e. The Morgan fingerprint density at radius 3 is 2.17 bits per heavy atom. The van der Waals surface area contributed by atoms with E-state index < -0.39 is 36.4 Å². The van der Waals surface area contributed by atoms with Crippen LogP contribution >= 0.6 is 0 Å². The smallest absolute Gasteiger partial charge is 0.336 e. The van der Waals surface area contributed by atoms with Crippen molar-refractivity contribution in [3.05, 3.63) is 47.5 Å². The van der Waals surface area contributed by atoms with Crippen molar-refractivity contribution in [2.45, 2.75) is 63.8 Å². The molecule has 220 valence electrons. The number of aliphatic hydroxyl groups is 1. The van der Waals surface area contributed by atoms with E-state index in [1.54, 1.807) is 14.2 Å². The second-order valence-electron chi connectivity index (χ2n) is 9.32. The van der Waals surface area contributed by atoms with Crippen molar-refractivity contribution in [2.24, 2.45) is 0 Å². The number of carbonyl (C=O) groups is 3. The van der Waals surface area contributed by atoms with Crippen LogP contribution in [0.3, 0.4) is 0 Å². The lowest BCUT2D eigenvalue weighted by Gasteiger charge is -2.26. The lowest BCUT2D eigenvalue weighted by molar-refractivity contribution is -0.170. The summed E-state index contributed by atoms with van der Waals surface area (Å²) in [6.45, 7) is 5.30. The number of ether oxygens (including phenoxy) is 3. The third-order valence-electron chi connectivity index (χ3n) is 6.13. The predicted molar refractivity (Wildman–Crippen MR) is 141 cm³/mol. The molecule has 40 heavy (non-hydrogen) atoms. The standard InChI is InChI=1S/C21H29N3O3.C6H8O7/c1-4-21-22-11-16(12-23-21)13-24(15-19-6-5-9-27-19)14-17-10-18(25-2)7-8-20(17)26-3;7-3(8)1-6(13,5(11)12)2-4(9)10/h7-8,10-12,19H,4-6,9,13-15H2,1-3H3;13H,1-2H2,(H,7,8)(H,9,10)(H,11,12). The Morgan fingerprint density at radius 1 is 1.05 bits per heavy atom. The molecule has 1 unspecified atom stereocenters. The number of aromatic nitrogens is 2. The van der Waals surface area contributed by atoms with Crippen LogP contribution < -0.4 is 9.47 Å². The minimum Gasteiger partial charge on any atom is -0.497 e. The quantitative estimate of drug-likeness (QED) is 0.261. The van der Waals surface area contributed by atoms with Crippen molar-refractivity contribution < 1.29 is 49.0 Å². The zero-order valence-electron chi connectivity index (χ0n) is 22.9. The number of rotatable bonds is 14. The van der Waals surface area contributed by atoms with Crippen molar-refractivity contribution >= 4 is 17.9 Å². The van der Waals surface area contributed by atoms with Gasteiger partial charge in [0.1, 0.15) is 17.3 Å². The van der Waals surface area contributed by atoms with Gasteiger partial charge in [0, 0.05) is 56.2 Å². The first-order valence-electron chi connectivity index (χ1n) is 12.7. The molecular formula is C27H37N3O10. The first-order valence-corrected chi connectivity index (χ1v) is 12.7. The molecular weight excluding hydrogens is 526 g/mol. The maximum atomic E-state index is 10.3.